The van der Waals surface area contributed by atoms with Crippen molar-refractivity contribution in [3.05, 3.63) is 11.9 Å². The standard InChI is InChI=1S/C15H26N4/c1-2-13-12-19(14-6-3-4-7-14)15(17-13)18-10-5-8-16-9-11-18/h12,14,16H,2-11H2,1H3. The average Bonchev–Trinajstić information content (AvgIpc) is 3.02. The molecule has 1 aromatic heterocycles. The lowest BCUT2D eigenvalue weighted by Gasteiger charge is -2.24. The Morgan fingerprint density at radius 2 is 2.05 bits per heavy atom. The summed E-state index contributed by atoms with van der Waals surface area (Å²) in [5, 5.41) is 3.48. The third-order valence-corrected chi connectivity index (χ3v) is 4.47. The van der Waals surface area contributed by atoms with Gasteiger partial charge < -0.3 is 14.8 Å². The van der Waals surface area contributed by atoms with Crippen molar-refractivity contribution in [2.75, 3.05) is 31.1 Å². The molecule has 0 spiro atoms. The van der Waals surface area contributed by atoms with Gasteiger partial charge in [-0.3, -0.25) is 0 Å². The molecule has 1 N–H and O–H groups in total. The Hall–Kier alpha value is -1.03. The quantitative estimate of drug-likeness (QED) is 0.908. The monoisotopic (exact) mass is 262 g/mol. The maximum atomic E-state index is 4.90. The predicted octanol–water partition coefficient (Wildman–Crippen LogP) is 2.36. The van der Waals surface area contributed by atoms with Crippen LogP contribution in [0.15, 0.2) is 6.20 Å². The maximum absolute atomic E-state index is 4.90. The lowest BCUT2D eigenvalue weighted by molar-refractivity contribution is 0.512. The lowest BCUT2D eigenvalue weighted by atomic mass is 10.2. The van der Waals surface area contributed by atoms with Crippen LogP contribution in [0.1, 0.15) is 50.8 Å². The molecule has 1 saturated heterocycles. The zero-order valence-electron chi connectivity index (χ0n) is 12.1. The lowest BCUT2D eigenvalue weighted by Crippen LogP contribution is -2.30. The first-order valence-corrected chi connectivity index (χ1v) is 7.92. The van der Waals surface area contributed by atoms with Crippen molar-refractivity contribution < 1.29 is 0 Å². The van der Waals surface area contributed by atoms with E-state index in [-0.39, 0.29) is 0 Å². The fourth-order valence-electron chi connectivity index (χ4n) is 3.33. The van der Waals surface area contributed by atoms with Crippen LogP contribution in [-0.2, 0) is 6.42 Å². The molecule has 106 valence electrons. The van der Waals surface area contributed by atoms with E-state index < -0.39 is 0 Å². The van der Waals surface area contributed by atoms with Gasteiger partial charge in [0.2, 0.25) is 5.95 Å². The molecule has 0 unspecified atom stereocenters. The van der Waals surface area contributed by atoms with Gasteiger partial charge in [-0.25, -0.2) is 4.98 Å². The Morgan fingerprint density at radius 1 is 1.21 bits per heavy atom. The zero-order valence-corrected chi connectivity index (χ0v) is 12.1. The normalized spacial score (nSPS) is 21.8. The largest absolute Gasteiger partial charge is 0.341 e. The molecule has 0 radical (unpaired) electrons. The van der Waals surface area contributed by atoms with Gasteiger partial charge in [0.25, 0.3) is 0 Å². The third-order valence-electron chi connectivity index (χ3n) is 4.47. The van der Waals surface area contributed by atoms with Crippen molar-refractivity contribution in [3.63, 3.8) is 0 Å². The maximum Gasteiger partial charge on any atom is 0.206 e. The van der Waals surface area contributed by atoms with E-state index in [1.165, 1.54) is 43.7 Å². The number of aromatic nitrogens is 2. The Bertz CT molecular complexity index is 398. The summed E-state index contributed by atoms with van der Waals surface area (Å²) >= 11 is 0. The Labute approximate surface area is 116 Å². The Balaban J connectivity index is 1.86. The number of imidazole rings is 1. The van der Waals surface area contributed by atoms with Crippen molar-refractivity contribution in [2.45, 2.75) is 51.5 Å². The Morgan fingerprint density at radius 3 is 2.84 bits per heavy atom. The molecule has 4 heteroatoms. The fraction of sp³-hybridized carbons (Fsp3) is 0.800. The molecule has 2 aliphatic rings. The molecule has 1 aromatic rings. The summed E-state index contributed by atoms with van der Waals surface area (Å²) in [5.41, 5.74) is 1.25. The van der Waals surface area contributed by atoms with Gasteiger partial charge in [-0.2, -0.15) is 0 Å². The fourth-order valence-corrected chi connectivity index (χ4v) is 3.33. The topological polar surface area (TPSA) is 33.1 Å². The van der Waals surface area contributed by atoms with Gasteiger partial charge in [0.15, 0.2) is 0 Å². The average molecular weight is 262 g/mol. The molecule has 1 aliphatic heterocycles. The minimum atomic E-state index is 0.694. The molecule has 0 amide bonds. The van der Waals surface area contributed by atoms with Crippen LogP contribution in [0.4, 0.5) is 5.95 Å². The Kier molecular flexibility index (Phi) is 4.06. The van der Waals surface area contributed by atoms with Gasteiger partial charge in [-0.15, -0.1) is 0 Å². The van der Waals surface area contributed by atoms with Crippen LogP contribution in [0, 0.1) is 0 Å². The molecule has 4 nitrogen and oxygen atoms in total. The summed E-state index contributed by atoms with van der Waals surface area (Å²) < 4.78 is 2.48. The molecule has 1 aliphatic carbocycles. The number of nitrogens with one attached hydrogen (secondary N) is 1. The van der Waals surface area contributed by atoms with E-state index in [1.54, 1.807) is 0 Å². The predicted molar refractivity (Wildman–Crippen MR) is 78.8 cm³/mol. The van der Waals surface area contributed by atoms with Crippen molar-refractivity contribution in [1.82, 2.24) is 14.9 Å². The van der Waals surface area contributed by atoms with Gasteiger partial charge in [-0.1, -0.05) is 19.8 Å². The minimum absolute atomic E-state index is 0.694. The molecule has 0 aromatic carbocycles. The van der Waals surface area contributed by atoms with Crippen molar-refractivity contribution in [3.8, 4) is 0 Å². The second kappa shape index (κ2) is 5.95. The van der Waals surface area contributed by atoms with Crippen molar-refractivity contribution in [1.29, 1.82) is 0 Å². The highest BCUT2D eigenvalue weighted by Gasteiger charge is 2.23. The van der Waals surface area contributed by atoms with Crippen molar-refractivity contribution in [2.24, 2.45) is 0 Å². The molecule has 2 heterocycles. The highest BCUT2D eigenvalue weighted by Crippen LogP contribution is 2.33. The summed E-state index contributed by atoms with van der Waals surface area (Å²) in [5.74, 6) is 1.23. The van der Waals surface area contributed by atoms with E-state index in [2.05, 4.69) is 27.9 Å². The van der Waals surface area contributed by atoms with Crippen LogP contribution < -0.4 is 10.2 Å². The highest BCUT2D eigenvalue weighted by atomic mass is 15.3. The number of hydrogen-bond donors (Lipinski definition) is 1. The number of anilines is 1. The molecular formula is C15H26N4. The van der Waals surface area contributed by atoms with Gasteiger partial charge in [-0.05, 0) is 32.2 Å². The van der Waals surface area contributed by atoms with Crippen LogP contribution >= 0.6 is 0 Å². The van der Waals surface area contributed by atoms with Crippen LogP contribution in [0.5, 0.6) is 0 Å². The number of aryl methyl sites for hydroxylation is 1. The molecule has 0 atom stereocenters. The molecule has 0 bridgehead atoms. The van der Waals surface area contributed by atoms with Crippen LogP contribution in [0.25, 0.3) is 0 Å². The van der Waals surface area contributed by atoms with Crippen molar-refractivity contribution >= 4 is 5.95 Å². The number of nitrogens with zero attached hydrogens (tertiary/aromatic N) is 3. The molecule has 2 fully saturated rings. The van der Waals surface area contributed by atoms with Crippen LogP contribution in [0.2, 0.25) is 0 Å². The molecular weight excluding hydrogens is 236 g/mol. The number of rotatable bonds is 3. The van der Waals surface area contributed by atoms with Crippen LogP contribution in [-0.4, -0.2) is 35.7 Å². The first kappa shape index (κ1) is 13.0. The second-order valence-electron chi connectivity index (χ2n) is 5.82. The van der Waals surface area contributed by atoms with E-state index in [9.17, 15) is 0 Å². The molecule has 3 rings (SSSR count). The first-order valence-electron chi connectivity index (χ1n) is 7.92. The highest BCUT2D eigenvalue weighted by molar-refractivity contribution is 5.35. The van der Waals surface area contributed by atoms with E-state index in [0.717, 1.165) is 32.6 Å². The van der Waals surface area contributed by atoms with E-state index in [1.807, 2.05) is 0 Å². The minimum Gasteiger partial charge on any atom is -0.341 e. The third kappa shape index (κ3) is 2.78. The zero-order chi connectivity index (χ0) is 13.1. The summed E-state index contributed by atoms with van der Waals surface area (Å²) in [7, 11) is 0. The summed E-state index contributed by atoms with van der Waals surface area (Å²) in [6, 6.07) is 0.694. The SMILES string of the molecule is CCc1cn(C2CCCC2)c(N2CCCNCC2)n1. The summed E-state index contributed by atoms with van der Waals surface area (Å²) in [6.07, 6.45) is 10.00. The van der Waals surface area contributed by atoms with Gasteiger partial charge in [0.1, 0.15) is 0 Å². The van der Waals surface area contributed by atoms with E-state index >= 15 is 0 Å². The summed E-state index contributed by atoms with van der Waals surface area (Å²) in [4.78, 5) is 7.38. The van der Waals surface area contributed by atoms with E-state index in [0.29, 0.717) is 6.04 Å². The van der Waals surface area contributed by atoms with Gasteiger partial charge >= 0.3 is 0 Å². The second-order valence-corrected chi connectivity index (χ2v) is 5.82. The first-order chi connectivity index (χ1) is 9.38. The number of hydrogen-bond acceptors (Lipinski definition) is 3. The smallest absolute Gasteiger partial charge is 0.206 e. The molecule has 19 heavy (non-hydrogen) atoms. The van der Waals surface area contributed by atoms with E-state index in [4.69, 9.17) is 4.98 Å². The van der Waals surface area contributed by atoms with Gasteiger partial charge in [0.05, 0.1) is 5.69 Å². The molecule has 1 saturated carbocycles. The summed E-state index contributed by atoms with van der Waals surface area (Å²) in [6.45, 7) is 6.65. The van der Waals surface area contributed by atoms with Crippen LogP contribution in [0.3, 0.4) is 0 Å². The van der Waals surface area contributed by atoms with Gasteiger partial charge in [0, 0.05) is 31.9 Å².